The fraction of sp³-hybridized carbons (Fsp3) is 0.692. The lowest BCUT2D eigenvalue weighted by Crippen LogP contribution is -2.34. The number of aromatic nitrogens is 2. The molecule has 7 heteroatoms. The van der Waals surface area contributed by atoms with Crippen LogP contribution in [0.2, 0.25) is 0 Å². The minimum absolute atomic E-state index is 0.226. The highest BCUT2D eigenvalue weighted by Crippen LogP contribution is 2.12. The first-order chi connectivity index (χ1) is 9.51. The summed E-state index contributed by atoms with van der Waals surface area (Å²) in [5.74, 6) is 1.64. The highest BCUT2D eigenvalue weighted by atomic mass is 32.2. The number of nitrogens with one attached hydrogen (secondary N) is 2. The highest BCUT2D eigenvalue weighted by Gasteiger charge is 2.12. The van der Waals surface area contributed by atoms with Crippen LogP contribution in [0, 0.1) is 5.92 Å². The number of H-pyrrole nitrogens is 1. The second-order valence-electron chi connectivity index (χ2n) is 4.97. The van der Waals surface area contributed by atoms with Crippen molar-refractivity contribution in [2.45, 2.75) is 33.2 Å². The van der Waals surface area contributed by atoms with Crippen molar-refractivity contribution >= 4 is 23.3 Å². The summed E-state index contributed by atoms with van der Waals surface area (Å²) in [4.78, 5) is 25.9. The minimum atomic E-state index is -0.448. The molecule has 0 aliphatic heterocycles. The maximum Gasteiger partial charge on any atom is 0.330 e. The van der Waals surface area contributed by atoms with E-state index in [1.165, 1.54) is 4.57 Å². The first kappa shape index (κ1) is 16.7. The minimum Gasteiger partial charge on any atom is -0.383 e. The van der Waals surface area contributed by atoms with E-state index >= 15 is 0 Å². The number of nitrogens with two attached hydrogens (primary N) is 1. The van der Waals surface area contributed by atoms with Crippen molar-refractivity contribution in [3.8, 4) is 0 Å². The van der Waals surface area contributed by atoms with Gasteiger partial charge in [0.2, 0.25) is 0 Å². The molecule has 1 unspecified atom stereocenters. The van der Waals surface area contributed by atoms with Gasteiger partial charge in [-0.3, -0.25) is 14.3 Å². The molecule has 1 rings (SSSR count). The maximum atomic E-state index is 11.8. The zero-order chi connectivity index (χ0) is 15.1. The molecule has 0 aromatic carbocycles. The number of nitrogens with zero attached hydrogens (tertiary/aromatic N) is 1. The van der Waals surface area contributed by atoms with E-state index < -0.39 is 11.2 Å². The van der Waals surface area contributed by atoms with Gasteiger partial charge in [-0.1, -0.05) is 20.3 Å². The van der Waals surface area contributed by atoms with Gasteiger partial charge in [-0.15, -0.1) is 0 Å². The molecule has 4 N–H and O–H groups in total. The third-order valence-corrected chi connectivity index (χ3v) is 3.96. The predicted molar refractivity (Wildman–Crippen MR) is 86.7 cm³/mol. The normalized spacial score (nSPS) is 12.3. The zero-order valence-corrected chi connectivity index (χ0v) is 13.2. The van der Waals surface area contributed by atoms with Crippen LogP contribution in [0.25, 0.3) is 0 Å². The van der Waals surface area contributed by atoms with Gasteiger partial charge in [0.25, 0.3) is 5.56 Å². The van der Waals surface area contributed by atoms with Gasteiger partial charge in [-0.2, -0.15) is 11.8 Å². The molecule has 0 saturated carbocycles. The standard InChI is InChI=1S/C13H24N4O2S/c1-4-5-6-17-11(14)10(12(18)16-13(17)19)15-7-9(2)8-20-3/h9,15H,4-8,14H2,1-3H3,(H,16,18,19). The van der Waals surface area contributed by atoms with E-state index in [1.54, 1.807) is 11.8 Å². The fourth-order valence-corrected chi connectivity index (χ4v) is 2.60. The van der Waals surface area contributed by atoms with E-state index in [0.29, 0.717) is 24.7 Å². The number of anilines is 2. The molecule has 0 amide bonds. The summed E-state index contributed by atoms with van der Waals surface area (Å²) < 4.78 is 1.42. The molecule has 0 bridgehead atoms. The second kappa shape index (κ2) is 8.04. The van der Waals surface area contributed by atoms with Crippen LogP contribution in [0.3, 0.4) is 0 Å². The molecule has 0 radical (unpaired) electrons. The summed E-state index contributed by atoms with van der Waals surface area (Å²) in [6.45, 7) is 5.31. The smallest absolute Gasteiger partial charge is 0.330 e. The van der Waals surface area contributed by atoms with Gasteiger partial charge in [-0.05, 0) is 24.3 Å². The van der Waals surface area contributed by atoms with Crippen LogP contribution in [0.5, 0.6) is 0 Å². The second-order valence-corrected chi connectivity index (χ2v) is 5.88. The Hall–Kier alpha value is -1.37. The van der Waals surface area contributed by atoms with Crippen LogP contribution in [-0.4, -0.2) is 28.1 Å². The summed E-state index contributed by atoms with van der Waals surface area (Å²) in [5.41, 5.74) is 5.37. The van der Waals surface area contributed by atoms with Gasteiger partial charge in [0.15, 0.2) is 0 Å². The average Bonchev–Trinajstić information content (AvgIpc) is 2.38. The summed E-state index contributed by atoms with van der Waals surface area (Å²) in [7, 11) is 0. The van der Waals surface area contributed by atoms with E-state index in [4.69, 9.17) is 5.73 Å². The van der Waals surface area contributed by atoms with E-state index in [2.05, 4.69) is 17.2 Å². The lowest BCUT2D eigenvalue weighted by molar-refractivity contribution is 0.604. The van der Waals surface area contributed by atoms with Gasteiger partial charge in [0.05, 0.1) is 0 Å². The van der Waals surface area contributed by atoms with Crippen LogP contribution in [-0.2, 0) is 6.54 Å². The molecule has 0 spiro atoms. The van der Waals surface area contributed by atoms with E-state index in [0.717, 1.165) is 18.6 Å². The molecule has 114 valence electrons. The summed E-state index contributed by atoms with van der Waals surface area (Å²) in [6.07, 6.45) is 3.85. The molecule has 1 atom stereocenters. The summed E-state index contributed by atoms with van der Waals surface area (Å²) >= 11 is 1.76. The van der Waals surface area contributed by atoms with Crippen LogP contribution in [0.1, 0.15) is 26.7 Å². The zero-order valence-electron chi connectivity index (χ0n) is 12.4. The van der Waals surface area contributed by atoms with Crippen LogP contribution >= 0.6 is 11.8 Å². The van der Waals surface area contributed by atoms with Crippen molar-refractivity contribution in [1.29, 1.82) is 0 Å². The molecule has 0 aliphatic rings. The Morgan fingerprint density at radius 1 is 1.45 bits per heavy atom. The predicted octanol–water partition coefficient (Wildman–Crippen LogP) is 1.33. The van der Waals surface area contributed by atoms with Crippen LogP contribution < -0.4 is 22.3 Å². The molecule has 0 fully saturated rings. The Labute approximate surface area is 123 Å². The lowest BCUT2D eigenvalue weighted by Gasteiger charge is -2.16. The Morgan fingerprint density at radius 2 is 2.15 bits per heavy atom. The third kappa shape index (κ3) is 4.33. The van der Waals surface area contributed by atoms with Gasteiger partial charge in [0.1, 0.15) is 11.5 Å². The number of hydrogen-bond acceptors (Lipinski definition) is 5. The van der Waals surface area contributed by atoms with Crippen molar-refractivity contribution in [2.24, 2.45) is 5.92 Å². The van der Waals surface area contributed by atoms with E-state index in [1.807, 2.05) is 13.2 Å². The van der Waals surface area contributed by atoms with Crippen molar-refractivity contribution in [1.82, 2.24) is 9.55 Å². The van der Waals surface area contributed by atoms with Gasteiger partial charge >= 0.3 is 5.69 Å². The van der Waals surface area contributed by atoms with Crippen molar-refractivity contribution in [3.05, 3.63) is 20.8 Å². The Kier molecular flexibility index (Phi) is 6.70. The van der Waals surface area contributed by atoms with Crippen LogP contribution in [0.4, 0.5) is 11.5 Å². The number of unbranched alkanes of at least 4 members (excludes halogenated alkanes) is 1. The number of nitrogen functional groups attached to an aromatic ring is 1. The quantitative estimate of drug-likeness (QED) is 0.673. The third-order valence-electron chi connectivity index (χ3n) is 3.05. The first-order valence-corrected chi connectivity index (χ1v) is 8.26. The summed E-state index contributed by atoms with van der Waals surface area (Å²) in [6, 6.07) is 0. The molecular formula is C13H24N4O2S. The molecule has 0 aliphatic carbocycles. The number of hydrogen-bond donors (Lipinski definition) is 3. The number of aromatic amines is 1. The Morgan fingerprint density at radius 3 is 2.75 bits per heavy atom. The van der Waals surface area contributed by atoms with Crippen LogP contribution in [0.15, 0.2) is 9.59 Å². The van der Waals surface area contributed by atoms with Gasteiger partial charge in [0, 0.05) is 13.1 Å². The SMILES string of the molecule is CCCCn1c(N)c(NCC(C)CSC)c(=O)[nH]c1=O. The fourth-order valence-electron chi connectivity index (χ4n) is 1.92. The van der Waals surface area contributed by atoms with E-state index in [-0.39, 0.29) is 5.82 Å². The Balaban J connectivity index is 2.95. The maximum absolute atomic E-state index is 11.8. The highest BCUT2D eigenvalue weighted by molar-refractivity contribution is 7.98. The van der Waals surface area contributed by atoms with Crippen molar-refractivity contribution in [3.63, 3.8) is 0 Å². The van der Waals surface area contributed by atoms with Gasteiger partial charge in [-0.25, -0.2) is 4.79 Å². The number of rotatable bonds is 8. The summed E-state index contributed by atoms with van der Waals surface area (Å²) in [5, 5.41) is 3.07. The van der Waals surface area contributed by atoms with Crippen molar-refractivity contribution < 1.29 is 0 Å². The molecule has 0 saturated heterocycles. The topological polar surface area (TPSA) is 92.9 Å². The molecule has 1 aromatic heterocycles. The largest absolute Gasteiger partial charge is 0.383 e. The lowest BCUT2D eigenvalue weighted by atomic mass is 10.2. The molecule has 1 aromatic rings. The van der Waals surface area contributed by atoms with Gasteiger partial charge < -0.3 is 11.1 Å². The van der Waals surface area contributed by atoms with E-state index in [9.17, 15) is 9.59 Å². The Bertz CT molecular complexity index is 538. The molecular weight excluding hydrogens is 276 g/mol. The van der Waals surface area contributed by atoms with Crippen molar-refractivity contribution in [2.75, 3.05) is 29.6 Å². The average molecular weight is 300 g/mol. The first-order valence-electron chi connectivity index (χ1n) is 6.86. The number of thioether (sulfide) groups is 1. The monoisotopic (exact) mass is 300 g/mol. The molecule has 20 heavy (non-hydrogen) atoms. The molecule has 1 heterocycles. The molecule has 6 nitrogen and oxygen atoms in total.